The van der Waals surface area contributed by atoms with Crippen LogP contribution in [-0.4, -0.2) is 32.2 Å². The Morgan fingerprint density at radius 1 is 1.15 bits per heavy atom. The first-order chi connectivity index (χ1) is 12.5. The number of nitrogens with one attached hydrogen (secondary N) is 1. The average Bonchev–Trinajstić information content (AvgIpc) is 2.56. The van der Waals surface area contributed by atoms with Gasteiger partial charge in [0.15, 0.2) is 0 Å². The van der Waals surface area contributed by atoms with E-state index < -0.39 is 21.5 Å². The predicted octanol–water partition coefficient (Wildman–Crippen LogP) is 3.38. The van der Waals surface area contributed by atoms with Crippen molar-refractivity contribution in [3.05, 3.63) is 41.1 Å². The zero-order valence-corrected chi connectivity index (χ0v) is 15.5. The Kier molecular flexibility index (Phi) is 5.79. The second-order valence-corrected chi connectivity index (χ2v) is 7.30. The van der Waals surface area contributed by atoms with Gasteiger partial charge in [0.05, 0.1) is 0 Å². The van der Waals surface area contributed by atoms with Crippen molar-refractivity contribution in [1.82, 2.24) is 4.98 Å². The van der Waals surface area contributed by atoms with E-state index in [2.05, 4.69) is 14.5 Å². The first kappa shape index (κ1) is 20.7. The SMILES string of the molecule is CNc1cc(C)c(C)cc1-c1cnc(OS(=O)(=O)C(F)(F)F)cc1CC=O. The number of aryl methyl sites for hydroxylation is 2. The highest BCUT2D eigenvalue weighted by molar-refractivity contribution is 7.87. The Bertz CT molecular complexity index is 973. The van der Waals surface area contributed by atoms with E-state index in [0.717, 1.165) is 22.9 Å². The topological polar surface area (TPSA) is 85.4 Å². The van der Waals surface area contributed by atoms with Crippen LogP contribution in [0.3, 0.4) is 0 Å². The maximum atomic E-state index is 12.5. The molecule has 0 radical (unpaired) electrons. The summed E-state index contributed by atoms with van der Waals surface area (Å²) in [7, 11) is -4.15. The molecule has 0 spiro atoms. The van der Waals surface area contributed by atoms with Crippen molar-refractivity contribution in [3.8, 4) is 17.0 Å². The van der Waals surface area contributed by atoms with Gasteiger partial charge in [-0.1, -0.05) is 0 Å². The second-order valence-electron chi connectivity index (χ2n) is 5.77. The van der Waals surface area contributed by atoms with Gasteiger partial charge in [-0.05, 0) is 42.7 Å². The molecule has 2 rings (SSSR count). The highest BCUT2D eigenvalue weighted by atomic mass is 32.2. The van der Waals surface area contributed by atoms with Crippen LogP contribution in [0.2, 0.25) is 0 Å². The minimum Gasteiger partial charge on any atom is -0.388 e. The van der Waals surface area contributed by atoms with Crippen LogP contribution in [0.4, 0.5) is 18.9 Å². The number of nitrogens with zero attached hydrogens (tertiary/aromatic N) is 1. The molecular formula is C17H17F3N2O4S. The number of pyridine rings is 1. The summed E-state index contributed by atoms with van der Waals surface area (Å²) in [5.74, 6) is -0.761. The highest BCUT2D eigenvalue weighted by Crippen LogP contribution is 2.35. The summed E-state index contributed by atoms with van der Waals surface area (Å²) < 4.78 is 63.8. The first-order valence-corrected chi connectivity index (χ1v) is 9.13. The Labute approximate surface area is 154 Å². The summed E-state index contributed by atoms with van der Waals surface area (Å²) in [4.78, 5) is 14.7. The first-order valence-electron chi connectivity index (χ1n) is 7.73. The quantitative estimate of drug-likeness (QED) is 0.453. The number of alkyl halides is 3. The van der Waals surface area contributed by atoms with E-state index in [4.69, 9.17) is 0 Å². The van der Waals surface area contributed by atoms with Gasteiger partial charge in [-0.3, -0.25) is 0 Å². The number of hydrogen-bond donors (Lipinski definition) is 1. The van der Waals surface area contributed by atoms with E-state index in [1.807, 2.05) is 26.0 Å². The summed E-state index contributed by atoms with van der Waals surface area (Å²) >= 11 is 0. The minimum atomic E-state index is -5.85. The van der Waals surface area contributed by atoms with Gasteiger partial charge in [-0.2, -0.15) is 21.6 Å². The van der Waals surface area contributed by atoms with Crippen LogP contribution < -0.4 is 9.50 Å². The van der Waals surface area contributed by atoms with Crippen LogP contribution in [0.25, 0.3) is 11.1 Å². The molecule has 0 saturated heterocycles. The largest absolute Gasteiger partial charge is 0.534 e. The highest BCUT2D eigenvalue weighted by Gasteiger charge is 2.48. The number of aldehydes is 1. The lowest BCUT2D eigenvalue weighted by molar-refractivity contribution is -0.107. The van der Waals surface area contributed by atoms with Crippen molar-refractivity contribution in [2.24, 2.45) is 0 Å². The van der Waals surface area contributed by atoms with E-state index >= 15 is 0 Å². The standard InChI is InChI=1S/C17H17F3N2O4S/c1-10-6-13(15(21-3)7-11(10)2)14-9-22-16(8-12(14)4-5-23)26-27(24,25)17(18,19)20/h5-9,21H,4H2,1-3H3. The molecule has 146 valence electrons. The van der Waals surface area contributed by atoms with E-state index in [9.17, 15) is 26.4 Å². The normalized spacial score (nSPS) is 11.9. The summed E-state index contributed by atoms with van der Waals surface area (Å²) in [5.41, 5.74) is -1.44. The molecule has 0 amide bonds. The van der Waals surface area contributed by atoms with Crippen LogP contribution in [0, 0.1) is 13.8 Å². The number of anilines is 1. The molecule has 0 unspecified atom stereocenters. The lowest BCUT2D eigenvalue weighted by Crippen LogP contribution is -2.28. The van der Waals surface area contributed by atoms with E-state index in [1.165, 1.54) is 6.20 Å². The van der Waals surface area contributed by atoms with Crippen LogP contribution in [0.5, 0.6) is 5.88 Å². The molecule has 0 fully saturated rings. The monoisotopic (exact) mass is 402 g/mol. The van der Waals surface area contributed by atoms with Crippen LogP contribution in [0.15, 0.2) is 24.4 Å². The molecule has 0 saturated carbocycles. The maximum absolute atomic E-state index is 12.5. The van der Waals surface area contributed by atoms with Gasteiger partial charge in [-0.15, -0.1) is 0 Å². The fourth-order valence-corrected chi connectivity index (χ4v) is 2.84. The molecule has 6 nitrogen and oxygen atoms in total. The fourth-order valence-electron chi connectivity index (χ4n) is 2.43. The number of aromatic nitrogens is 1. The molecule has 0 aliphatic heterocycles. The number of carbonyl (C=O) groups excluding carboxylic acids is 1. The van der Waals surface area contributed by atoms with Crippen molar-refractivity contribution in [3.63, 3.8) is 0 Å². The molecule has 0 aliphatic rings. The molecule has 27 heavy (non-hydrogen) atoms. The lowest BCUT2D eigenvalue weighted by atomic mass is 9.95. The van der Waals surface area contributed by atoms with Gasteiger partial charge in [0.25, 0.3) is 0 Å². The molecule has 1 aromatic heterocycles. The molecule has 10 heteroatoms. The number of benzene rings is 1. The summed E-state index contributed by atoms with van der Waals surface area (Å²) in [6.07, 6.45) is 1.59. The number of halogens is 3. The van der Waals surface area contributed by atoms with Gasteiger partial charge >= 0.3 is 15.6 Å². The lowest BCUT2D eigenvalue weighted by Gasteiger charge is -2.16. The molecular weight excluding hydrogens is 385 g/mol. The number of rotatable bonds is 6. The second kappa shape index (κ2) is 7.55. The summed E-state index contributed by atoms with van der Waals surface area (Å²) in [6, 6.07) is 4.75. The van der Waals surface area contributed by atoms with Gasteiger partial charge in [0.1, 0.15) is 6.29 Å². The minimum absolute atomic E-state index is 0.156. The predicted molar refractivity (Wildman–Crippen MR) is 94.1 cm³/mol. The molecule has 2 aromatic rings. The smallest absolute Gasteiger partial charge is 0.388 e. The van der Waals surface area contributed by atoms with Crippen molar-refractivity contribution >= 4 is 22.1 Å². The Morgan fingerprint density at radius 2 is 1.78 bits per heavy atom. The zero-order valence-electron chi connectivity index (χ0n) is 14.7. The van der Waals surface area contributed by atoms with Crippen molar-refractivity contribution < 1.29 is 30.6 Å². The number of carbonyl (C=O) groups is 1. The third-order valence-electron chi connectivity index (χ3n) is 3.94. The molecule has 0 atom stereocenters. The zero-order chi connectivity index (χ0) is 20.4. The molecule has 1 N–H and O–H groups in total. The Hall–Kier alpha value is -2.62. The van der Waals surface area contributed by atoms with Gasteiger partial charge in [0.2, 0.25) is 5.88 Å². The van der Waals surface area contributed by atoms with Crippen molar-refractivity contribution in [2.75, 3.05) is 12.4 Å². The van der Waals surface area contributed by atoms with Crippen molar-refractivity contribution in [2.45, 2.75) is 25.8 Å². The van der Waals surface area contributed by atoms with E-state index in [-0.39, 0.29) is 12.0 Å². The van der Waals surface area contributed by atoms with Gasteiger partial charge in [-0.25, -0.2) is 4.98 Å². The van der Waals surface area contributed by atoms with E-state index in [0.29, 0.717) is 17.4 Å². The Balaban J connectivity index is 2.58. The van der Waals surface area contributed by atoms with Gasteiger partial charge < -0.3 is 14.3 Å². The van der Waals surface area contributed by atoms with Crippen LogP contribution >= 0.6 is 0 Å². The fraction of sp³-hybridized carbons (Fsp3) is 0.294. The molecule has 1 aromatic carbocycles. The Morgan fingerprint density at radius 3 is 2.33 bits per heavy atom. The van der Waals surface area contributed by atoms with Gasteiger partial charge in [0, 0.05) is 42.5 Å². The summed E-state index contributed by atoms with van der Waals surface area (Å²) in [5, 5.41) is 3.01. The van der Waals surface area contributed by atoms with Crippen LogP contribution in [0.1, 0.15) is 16.7 Å². The van der Waals surface area contributed by atoms with Crippen LogP contribution in [-0.2, 0) is 21.3 Å². The summed E-state index contributed by atoms with van der Waals surface area (Å²) in [6.45, 7) is 3.81. The maximum Gasteiger partial charge on any atom is 0.534 e. The van der Waals surface area contributed by atoms with E-state index in [1.54, 1.807) is 7.05 Å². The third-order valence-corrected chi connectivity index (χ3v) is 4.90. The third kappa shape index (κ3) is 4.38. The molecule has 0 aliphatic carbocycles. The molecule has 0 bridgehead atoms. The van der Waals surface area contributed by atoms with Crippen molar-refractivity contribution in [1.29, 1.82) is 0 Å². The molecule has 1 heterocycles. The average molecular weight is 402 g/mol. The number of hydrogen-bond acceptors (Lipinski definition) is 6.